The van der Waals surface area contributed by atoms with Gasteiger partial charge >= 0.3 is 0 Å². The minimum absolute atomic E-state index is 0.00858. The van der Waals surface area contributed by atoms with Gasteiger partial charge in [0, 0.05) is 19.0 Å². The van der Waals surface area contributed by atoms with E-state index < -0.39 is 0 Å². The summed E-state index contributed by atoms with van der Waals surface area (Å²) in [5, 5.41) is 0. The maximum Gasteiger partial charge on any atom is 0.155 e. The quantitative estimate of drug-likeness (QED) is 0.589. The molecule has 20 heavy (non-hydrogen) atoms. The molecule has 5 heteroatoms. The van der Waals surface area contributed by atoms with Crippen molar-refractivity contribution in [3.05, 3.63) is 35.7 Å². The van der Waals surface area contributed by atoms with Crippen LogP contribution in [0.1, 0.15) is 25.8 Å². The minimum Gasteiger partial charge on any atom is -0.489 e. The van der Waals surface area contributed by atoms with E-state index in [2.05, 4.69) is 4.72 Å². The third-order valence-corrected chi connectivity index (χ3v) is 3.01. The molecule has 0 heterocycles. The highest BCUT2D eigenvalue weighted by Gasteiger charge is 2.06. The molecule has 0 aliphatic carbocycles. The predicted molar refractivity (Wildman–Crippen MR) is 82.3 cm³/mol. The highest BCUT2D eigenvalue weighted by molar-refractivity contribution is 7.96. The van der Waals surface area contributed by atoms with E-state index in [1.165, 1.54) is 30.2 Å². The van der Waals surface area contributed by atoms with E-state index in [1.807, 2.05) is 13.2 Å². The minimum atomic E-state index is -0.379. The highest BCUT2D eigenvalue weighted by Crippen LogP contribution is 2.19. The second-order valence-corrected chi connectivity index (χ2v) is 5.05. The number of ketones is 1. The van der Waals surface area contributed by atoms with Gasteiger partial charge in [0.05, 0.1) is 0 Å². The van der Waals surface area contributed by atoms with Crippen LogP contribution >= 0.6 is 11.9 Å². The van der Waals surface area contributed by atoms with E-state index in [-0.39, 0.29) is 17.7 Å². The van der Waals surface area contributed by atoms with E-state index in [1.54, 1.807) is 19.1 Å². The number of benzene rings is 1. The largest absolute Gasteiger partial charge is 0.489 e. The number of nitrogens with one attached hydrogen (secondary N) is 1. The number of carbonyl (C=O) groups excluding carboxylic acids is 1. The first-order chi connectivity index (χ1) is 9.55. The Morgan fingerprint density at radius 3 is 2.90 bits per heavy atom. The SMILES string of the molecule is CCC(=O)/C=C/c1cc(F)cc(O[C@H](C)CNSC)c1. The topological polar surface area (TPSA) is 38.3 Å². The van der Waals surface area contributed by atoms with Crippen LogP contribution in [0, 0.1) is 5.82 Å². The molecule has 0 radical (unpaired) electrons. The Labute approximate surface area is 123 Å². The molecule has 1 atom stereocenters. The first-order valence-corrected chi connectivity index (χ1v) is 7.71. The lowest BCUT2D eigenvalue weighted by Gasteiger charge is -2.15. The molecule has 0 bridgehead atoms. The smallest absolute Gasteiger partial charge is 0.155 e. The first kappa shape index (κ1) is 16.7. The molecule has 0 spiro atoms. The molecule has 0 aliphatic rings. The molecule has 1 aromatic carbocycles. The van der Waals surface area contributed by atoms with Crippen molar-refractivity contribution >= 4 is 23.8 Å². The number of rotatable bonds is 8. The summed E-state index contributed by atoms with van der Waals surface area (Å²) in [4.78, 5) is 11.2. The Morgan fingerprint density at radius 2 is 2.25 bits per heavy atom. The van der Waals surface area contributed by atoms with Crippen molar-refractivity contribution in [2.24, 2.45) is 0 Å². The van der Waals surface area contributed by atoms with Gasteiger partial charge in [-0.05, 0) is 37.0 Å². The zero-order valence-corrected chi connectivity index (χ0v) is 12.8. The molecule has 1 rings (SSSR count). The van der Waals surface area contributed by atoms with Gasteiger partial charge in [-0.25, -0.2) is 4.39 Å². The van der Waals surface area contributed by atoms with Gasteiger partial charge in [0.25, 0.3) is 0 Å². The van der Waals surface area contributed by atoms with Crippen molar-refractivity contribution in [3.8, 4) is 5.75 Å². The average Bonchev–Trinajstić information content (AvgIpc) is 2.41. The number of carbonyl (C=O) groups is 1. The second-order valence-electron chi connectivity index (χ2n) is 4.35. The zero-order valence-electron chi connectivity index (χ0n) is 12.0. The van der Waals surface area contributed by atoms with Crippen molar-refractivity contribution < 1.29 is 13.9 Å². The monoisotopic (exact) mass is 297 g/mol. The number of ether oxygens (including phenoxy) is 1. The molecule has 1 N–H and O–H groups in total. The molecular weight excluding hydrogens is 277 g/mol. The molecule has 0 saturated heterocycles. The lowest BCUT2D eigenvalue weighted by Crippen LogP contribution is -2.24. The van der Waals surface area contributed by atoms with Crippen LogP contribution in [0.3, 0.4) is 0 Å². The number of hydrogen-bond acceptors (Lipinski definition) is 4. The fraction of sp³-hybridized carbons (Fsp3) is 0.400. The first-order valence-electron chi connectivity index (χ1n) is 6.49. The lowest BCUT2D eigenvalue weighted by atomic mass is 10.1. The van der Waals surface area contributed by atoms with E-state index in [0.29, 0.717) is 24.3 Å². The Morgan fingerprint density at radius 1 is 1.50 bits per heavy atom. The Balaban J connectivity index is 2.75. The van der Waals surface area contributed by atoms with Crippen LogP contribution < -0.4 is 9.46 Å². The maximum absolute atomic E-state index is 13.5. The van der Waals surface area contributed by atoms with Gasteiger partial charge in [-0.15, -0.1) is 0 Å². The van der Waals surface area contributed by atoms with Crippen molar-refractivity contribution in [1.29, 1.82) is 0 Å². The number of halogens is 1. The zero-order chi connectivity index (χ0) is 15.0. The van der Waals surface area contributed by atoms with Gasteiger partial charge in [-0.1, -0.05) is 24.9 Å². The Hall–Kier alpha value is -1.33. The summed E-state index contributed by atoms with van der Waals surface area (Å²) in [7, 11) is 0. The maximum atomic E-state index is 13.5. The molecule has 1 aromatic rings. The highest BCUT2D eigenvalue weighted by atomic mass is 32.2. The summed E-state index contributed by atoms with van der Waals surface area (Å²) < 4.78 is 22.2. The van der Waals surface area contributed by atoms with E-state index in [4.69, 9.17) is 4.74 Å². The van der Waals surface area contributed by atoms with E-state index in [0.717, 1.165) is 0 Å². The third kappa shape index (κ3) is 6.21. The standard InChI is InChI=1S/C15H20FNO2S/c1-4-14(18)6-5-12-7-13(16)9-15(8-12)19-11(2)10-17-20-3/h5-9,11,17H,4,10H2,1-3H3/b6-5+/t11-/m1/s1. The third-order valence-electron chi connectivity index (χ3n) is 2.56. The van der Waals surface area contributed by atoms with Crippen LogP contribution in [-0.2, 0) is 4.79 Å². The molecule has 0 amide bonds. The van der Waals surface area contributed by atoms with Gasteiger partial charge in [-0.2, -0.15) is 0 Å². The Kier molecular flexibility index (Phi) is 7.33. The molecule has 110 valence electrons. The van der Waals surface area contributed by atoms with Gasteiger partial charge in [-0.3, -0.25) is 9.52 Å². The summed E-state index contributed by atoms with van der Waals surface area (Å²) in [6.45, 7) is 4.36. The van der Waals surface area contributed by atoms with E-state index in [9.17, 15) is 9.18 Å². The molecule has 0 aromatic heterocycles. The summed E-state index contributed by atoms with van der Waals surface area (Å²) in [6.07, 6.45) is 5.36. The van der Waals surface area contributed by atoms with Gasteiger partial charge in [0.2, 0.25) is 0 Å². The van der Waals surface area contributed by atoms with Crippen LogP contribution in [0.4, 0.5) is 4.39 Å². The van der Waals surface area contributed by atoms with Gasteiger partial charge in [0.15, 0.2) is 5.78 Å². The molecule has 0 fully saturated rings. The summed E-state index contributed by atoms with van der Waals surface area (Å²) in [6, 6.07) is 4.43. The summed E-state index contributed by atoms with van der Waals surface area (Å²) in [5.41, 5.74) is 0.617. The fourth-order valence-electron chi connectivity index (χ4n) is 1.53. The van der Waals surface area contributed by atoms with Crippen LogP contribution in [0.25, 0.3) is 6.08 Å². The summed E-state index contributed by atoms with van der Waals surface area (Å²) in [5.74, 6) is 0.0920. The van der Waals surface area contributed by atoms with E-state index >= 15 is 0 Å². The van der Waals surface area contributed by atoms with Crippen LogP contribution in [0.2, 0.25) is 0 Å². The summed E-state index contributed by atoms with van der Waals surface area (Å²) >= 11 is 1.51. The van der Waals surface area contributed by atoms with Crippen molar-refractivity contribution in [2.45, 2.75) is 26.4 Å². The van der Waals surface area contributed by atoms with Gasteiger partial charge in [0.1, 0.15) is 17.7 Å². The normalized spacial score (nSPS) is 12.6. The molecule has 3 nitrogen and oxygen atoms in total. The second kappa shape index (κ2) is 8.76. The molecular formula is C15H20FNO2S. The van der Waals surface area contributed by atoms with Crippen molar-refractivity contribution in [3.63, 3.8) is 0 Å². The predicted octanol–water partition coefficient (Wildman–Crippen LogP) is 3.45. The van der Waals surface area contributed by atoms with Crippen molar-refractivity contribution in [1.82, 2.24) is 4.72 Å². The van der Waals surface area contributed by atoms with Crippen LogP contribution in [0.5, 0.6) is 5.75 Å². The number of hydrogen-bond donors (Lipinski definition) is 1. The fourth-order valence-corrected chi connectivity index (χ4v) is 1.93. The van der Waals surface area contributed by atoms with Crippen molar-refractivity contribution in [2.75, 3.05) is 12.8 Å². The van der Waals surface area contributed by atoms with Crippen LogP contribution in [-0.4, -0.2) is 24.7 Å². The van der Waals surface area contributed by atoms with Gasteiger partial charge < -0.3 is 4.74 Å². The number of allylic oxidation sites excluding steroid dienone is 1. The molecule has 0 saturated carbocycles. The lowest BCUT2D eigenvalue weighted by molar-refractivity contribution is -0.114. The Bertz CT molecular complexity index is 477. The molecule has 0 unspecified atom stereocenters. The average molecular weight is 297 g/mol. The van der Waals surface area contributed by atoms with Crippen LogP contribution in [0.15, 0.2) is 24.3 Å². The molecule has 0 aliphatic heterocycles.